The summed E-state index contributed by atoms with van der Waals surface area (Å²) >= 11 is 0. The standard InChI is InChI=1S/C20H25N3O4/c1-23-16(19(25)15-9-5-4-6-10-15)12-13-17(23)20(26)21-14-8-3-2-7-11-18(24)22-27/h4-6,9-10,12-13,27H,2-3,7-8,11,14H2,1H3,(H,21,26)(H,22,24). The number of aromatic nitrogens is 1. The smallest absolute Gasteiger partial charge is 0.267 e. The summed E-state index contributed by atoms with van der Waals surface area (Å²) in [5, 5.41) is 11.3. The topological polar surface area (TPSA) is 100 Å². The molecule has 0 saturated heterocycles. The fourth-order valence-corrected chi connectivity index (χ4v) is 2.82. The van der Waals surface area contributed by atoms with Gasteiger partial charge in [-0.3, -0.25) is 19.6 Å². The monoisotopic (exact) mass is 371 g/mol. The molecule has 7 nitrogen and oxygen atoms in total. The van der Waals surface area contributed by atoms with Crippen molar-refractivity contribution in [1.29, 1.82) is 0 Å². The molecule has 0 bridgehead atoms. The number of nitrogens with zero attached hydrogens (tertiary/aromatic N) is 1. The maximum Gasteiger partial charge on any atom is 0.267 e. The summed E-state index contributed by atoms with van der Waals surface area (Å²) < 4.78 is 1.61. The van der Waals surface area contributed by atoms with E-state index >= 15 is 0 Å². The van der Waals surface area contributed by atoms with Crippen LogP contribution in [0.4, 0.5) is 0 Å². The highest BCUT2D eigenvalue weighted by molar-refractivity contribution is 6.09. The minimum Gasteiger partial charge on any atom is -0.351 e. The highest BCUT2D eigenvalue weighted by atomic mass is 16.5. The van der Waals surface area contributed by atoms with Crippen LogP contribution in [0.25, 0.3) is 0 Å². The van der Waals surface area contributed by atoms with Gasteiger partial charge in [0, 0.05) is 25.6 Å². The largest absolute Gasteiger partial charge is 0.351 e. The van der Waals surface area contributed by atoms with E-state index in [-0.39, 0.29) is 17.6 Å². The summed E-state index contributed by atoms with van der Waals surface area (Å²) in [6.45, 7) is 0.526. The Morgan fingerprint density at radius 1 is 0.926 bits per heavy atom. The molecule has 1 aromatic heterocycles. The second kappa shape index (κ2) is 10.3. The molecular formula is C20H25N3O4. The molecule has 0 radical (unpaired) electrons. The van der Waals surface area contributed by atoms with Crippen LogP contribution < -0.4 is 10.8 Å². The van der Waals surface area contributed by atoms with Crippen LogP contribution in [0.3, 0.4) is 0 Å². The maximum absolute atomic E-state index is 12.5. The van der Waals surface area contributed by atoms with E-state index in [0.717, 1.165) is 19.3 Å². The summed E-state index contributed by atoms with van der Waals surface area (Å²) in [6.07, 6.45) is 3.52. The Balaban J connectivity index is 1.80. The van der Waals surface area contributed by atoms with Gasteiger partial charge in [0.15, 0.2) is 0 Å². The summed E-state index contributed by atoms with van der Waals surface area (Å²) in [6, 6.07) is 12.3. The third-order valence-electron chi connectivity index (χ3n) is 4.36. The van der Waals surface area contributed by atoms with E-state index < -0.39 is 0 Å². The van der Waals surface area contributed by atoms with Gasteiger partial charge in [0.05, 0.1) is 5.69 Å². The number of hydroxylamine groups is 1. The minimum atomic E-state index is -0.382. The highest BCUT2D eigenvalue weighted by Gasteiger charge is 2.17. The summed E-state index contributed by atoms with van der Waals surface area (Å²) in [7, 11) is 1.71. The summed E-state index contributed by atoms with van der Waals surface area (Å²) in [4.78, 5) is 35.7. The number of rotatable bonds is 10. The third kappa shape index (κ3) is 5.79. The van der Waals surface area contributed by atoms with Gasteiger partial charge in [-0.2, -0.15) is 0 Å². The van der Waals surface area contributed by atoms with Gasteiger partial charge >= 0.3 is 0 Å². The number of benzene rings is 1. The van der Waals surface area contributed by atoms with Crippen LogP contribution in [0, 0.1) is 0 Å². The zero-order valence-corrected chi connectivity index (χ0v) is 15.4. The van der Waals surface area contributed by atoms with Crippen molar-refractivity contribution in [2.45, 2.75) is 32.1 Å². The maximum atomic E-state index is 12.5. The van der Waals surface area contributed by atoms with Crippen LogP contribution >= 0.6 is 0 Å². The Morgan fingerprint density at radius 2 is 1.59 bits per heavy atom. The molecule has 1 heterocycles. The first kappa shape index (κ1) is 20.4. The van der Waals surface area contributed by atoms with Crippen molar-refractivity contribution in [1.82, 2.24) is 15.4 Å². The molecule has 0 unspecified atom stereocenters. The van der Waals surface area contributed by atoms with E-state index in [0.29, 0.717) is 36.3 Å². The Bertz CT molecular complexity index is 784. The Kier molecular flexibility index (Phi) is 7.76. The molecule has 0 aliphatic carbocycles. The van der Waals surface area contributed by atoms with Gasteiger partial charge in [-0.05, 0) is 25.0 Å². The van der Waals surface area contributed by atoms with E-state index in [4.69, 9.17) is 5.21 Å². The minimum absolute atomic E-state index is 0.121. The van der Waals surface area contributed by atoms with Crippen molar-refractivity contribution >= 4 is 17.6 Å². The third-order valence-corrected chi connectivity index (χ3v) is 4.36. The molecule has 27 heavy (non-hydrogen) atoms. The van der Waals surface area contributed by atoms with E-state index in [2.05, 4.69) is 5.32 Å². The normalized spacial score (nSPS) is 10.4. The zero-order valence-electron chi connectivity index (χ0n) is 15.4. The van der Waals surface area contributed by atoms with Gasteiger partial charge in [0.25, 0.3) is 5.91 Å². The molecule has 0 saturated carbocycles. The van der Waals surface area contributed by atoms with Gasteiger partial charge in [-0.15, -0.1) is 0 Å². The molecule has 0 aliphatic heterocycles. The number of unbranched alkanes of at least 4 members (excludes halogenated alkanes) is 3. The van der Waals surface area contributed by atoms with Crippen LogP contribution in [0.1, 0.15) is 58.6 Å². The summed E-state index contributed by atoms with van der Waals surface area (Å²) in [5.41, 5.74) is 3.09. The van der Waals surface area contributed by atoms with Crippen molar-refractivity contribution in [2.75, 3.05) is 6.54 Å². The van der Waals surface area contributed by atoms with E-state index in [1.807, 2.05) is 6.07 Å². The Hall–Kier alpha value is -2.93. The van der Waals surface area contributed by atoms with E-state index in [9.17, 15) is 14.4 Å². The predicted octanol–water partition coefficient (Wildman–Crippen LogP) is 2.44. The van der Waals surface area contributed by atoms with Crippen LogP contribution in [-0.4, -0.2) is 33.9 Å². The molecule has 0 fully saturated rings. The number of nitrogens with one attached hydrogen (secondary N) is 2. The second-order valence-corrected chi connectivity index (χ2v) is 6.31. The average Bonchev–Trinajstić information content (AvgIpc) is 3.08. The Morgan fingerprint density at radius 3 is 2.30 bits per heavy atom. The molecule has 2 aromatic rings. The predicted molar refractivity (Wildman–Crippen MR) is 101 cm³/mol. The van der Waals surface area contributed by atoms with Gasteiger partial charge in [-0.1, -0.05) is 43.2 Å². The molecule has 3 N–H and O–H groups in total. The SMILES string of the molecule is Cn1c(C(=O)NCCCCCCC(=O)NO)ccc1C(=O)c1ccccc1. The first-order valence-corrected chi connectivity index (χ1v) is 9.01. The average molecular weight is 371 g/mol. The first-order chi connectivity index (χ1) is 13.0. The van der Waals surface area contributed by atoms with Gasteiger partial charge in [0.2, 0.25) is 11.7 Å². The fourth-order valence-electron chi connectivity index (χ4n) is 2.82. The van der Waals surface area contributed by atoms with Gasteiger partial charge in [0.1, 0.15) is 5.69 Å². The van der Waals surface area contributed by atoms with Crippen LogP contribution in [0.15, 0.2) is 42.5 Å². The lowest BCUT2D eigenvalue weighted by atomic mass is 10.1. The lowest BCUT2D eigenvalue weighted by Gasteiger charge is -2.08. The number of hydrogen-bond donors (Lipinski definition) is 3. The highest BCUT2D eigenvalue weighted by Crippen LogP contribution is 2.13. The molecular weight excluding hydrogens is 346 g/mol. The molecule has 0 atom stereocenters. The van der Waals surface area contributed by atoms with Crippen LogP contribution in [-0.2, 0) is 11.8 Å². The second-order valence-electron chi connectivity index (χ2n) is 6.31. The lowest BCUT2D eigenvalue weighted by molar-refractivity contribution is -0.129. The first-order valence-electron chi connectivity index (χ1n) is 9.01. The molecule has 0 aliphatic rings. The number of amides is 2. The van der Waals surface area contributed by atoms with Gasteiger partial charge < -0.3 is 9.88 Å². The van der Waals surface area contributed by atoms with Crippen molar-refractivity contribution < 1.29 is 19.6 Å². The Labute approximate surface area is 158 Å². The molecule has 144 valence electrons. The van der Waals surface area contributed by atoms with Crippen LogP contribution in [0.5, 0.6) is 0 Å². The number of carbonyl (C=O) groups excluding carboxylic acids is 3. The number of hydrogen-bond acceptors (Lipinski definition) is 4. The molecule has 1 aromatic carbocycles. The summed E-state index contributed by atoms with van der Waals surface area (Å²) in [5.74, 6) is -0.721. The van der Waals surface area contributed by atoms with Crippen molar-refractivity contribution in [2.24, 2.45) is 7.05 Å². The van der Waals surface area contributed by atoms with Crippen molar-refractivity contribution in [3.05, 3.63) is 59.4 Å². The van der Waals surface area contributed by atoms with Crippen LogP contribution in [0.2, 0.25) is 0 Å². The lowest BCUT2D eigenvalue weighted by Crippen LogP contribution is -2.27. The molecule has 2 amide bonds. The van der Waals surface area contributed by atoms with E-state index in [1.165, 1.54) is 0 Å². The van der Waals surface area contributed by atoms with Crippen molar-refractivity contribution in [3.63, 3.8) is 0 Å². The molecule has 7 heteroatoms. The quantitative estimate of drug-likeness (QED) is 0.258. The van der Waals surface area contributed by atoms with Crippen molar-refractivity contribution in [3.8, 4) is 0 Å². The van der Waals surface area contributed by atoms with E-state index in [1.54, 1.807) is 53.5 Å². The number of ketones is 1. The number of carbonyl (C=O) groups is 3. The fraction of sp³-hybridized carbons (Fsp3) is 0.350. The molecule has 0 spiro atoms. The zero-order chi connectivity index (χ0) is 19.6. The van der Waals surface area contributed by atoms with Gasteiger partial charge in [-0.25, -0.2) is 5.48 Å². The molecule has 2 rings (SSSR count).